The van der Waals surface area contributed by atoms with Gasteiger partial charge in [-0.25, -0.2) is 0 Å². The first kappa shape index (κ1) is 17.7. The number of hydrogen-bond donors (Lipinski definition) is 2. The van der Waals surface area contributed by atoms with Gasteiger partial charge in [-0.15, -0.1) is 0 Å². The quantitative estimate of drug-likeness (QED) is 0.631. The van der Waals surface area contributed by atoms with Crippen molar-refractivity contribution in [2.24, 2.45) is 10.7 Å². The van der Waals surface area contributed by atoms with Crippen LogP contribution in [0.1, 0.15) is 16.7 Å². The Morgan fingerprint density at radius 1 is 1.00 bits per heavy atom. The van der Waals surface area contributed by atoms with Gasteiger partial charge in [0.15, 0.2) is 17.5 Å². The highest BCUT2D eigenvalue weighted by atomic mass is 16.5. The fourth-order valence-electron chi connectivity index (χ4n) is 2.58. The van der Waals surface area contributed by atoms with Crippen molar-refractivity contribution in [3.8, 4) is 11.5 Å². The minimum absolute atomic E-state index is 0.417. The Labute approximate surface area is 143 Å². The van der Waals surface area contributed by atoms with Gasteiger partial charge in [0.25, 0.3) is 0 Å². The molecule has 0 atom stereocenters. The van der Waals surface area contributed by atoms with Crippen LogP contribution in [-0.2, 0) is 6.42 Å². The molecule has 3 N–H and O–H groups in total. The minimum Gasteiger partial charge on any atom is -0.493 e. The maximum atomic E-state index is 5.97. The average molecular weight is 327 g/mol. The van der Waals surface area contributed by atoms with Gasteiger partial charge >= 0.3 is 0 Å². The van der Waals surface area contributed by atoms with Crippen molar-refractivity contribution < 1.29 is 9.47 Å². The highest BCUT2D eigenvalue weighted by molar-refractivity contribution is 5.92. The van der Waals surface area contributed by atoms with E-state index in [-0.39, 0.29) is 0 Å². The highest BCUT2D eigenvalue weighted by Gasteiger charge is 2.04. The van der Waals surface area contributed by atoms with Crippen LogP contribution in [0.2, 0.25) is 0 Å². The van der Waals surface area contributed by atoms with Crippen molar-refractivity contribution in [3.05, 3.63) is 53.1 Å². The van der Waals surface area contributed by atoms with Gasteiger partial charge in [0, 0.05) is 12.2 Å². The van der Waals surface area contributed by atoms with Crippen molar-refractivity contribution in [2.75, 3.05) is 26.1 Å². The number of rotatable bonds is 6. The molecule has 128 valence electrons. The van der Waals surface area contributed by atoms with E-state index in [1.54, 1.807) is 14.2 Å². The predicted molar refractivity (Wildman–Crippen MR) is 99.3 cm³/mol. The smallest absolute Gasteiger partial charge is 0.193 e. The summed E-state index contributed by atoms with van der Waals surface area (Å²) in [6.07, 6.45) is 0.773. The van der Waals surface area contributed by atoms with E-state index in [2.05, 4.69) is 30.2 Å². The summed E-state index contributed by atoms with van der Waals surface area (Å²) in [5.74, 6) is 1.86. The molecule has 2 aromatic carbocycles. The number of hydrogen-bond acceptors (Lipinski definition) is 3. The highest BCUT2D eigenvalue weighted by Crippen LogP contribution is 2.27. The van der Waals surface area contributed by atoms with E-state index in [0.717, 1.165) is 29.2 Å². The molecule has 0 aromatic heterocycles. The van der Waals surface area contributed by atoms with E-state index >= 15 is 0 Å². The third kappa shape index (κ3) is 4.91. The minimum atomic E-state index is 0.417. The molecule has 5 heteroatoms. The number of ether oxygens (including phenoxy) is 2. The first-order chi connectivity index (χ1) is 11.5. The second kappa shape index (κ2) is 8.24. The number of aliphatic imine (C=N–C) groups is 1. The summed E-state index contributed by atoms with van der Waals surface area (Å²) in [6.45, 7) is 4.71. The van der Waals surface area contributed by atoms with Crippen LogP contribution >= 0.6 is 0 Å². The molecule has 0 saturated heterocycles. The van der Waals surface area contributed by atoms with E-state index < -0.39 is 0 Å². The molecule has 5 nitrogen and oxygen atoms in total. The predicted octanol–water partition coefficient (Wildman–Crippen LogP) is 3.29. The molecule has 0 aliphatic rings. The molecule has 2 aromatic rings. The van der Waals surface area contributed by atoms with E-state index in [0.29, 0.717) is 12.5 Å². The monoisotopic (exact) mass is 327 g/mol. The largest absolute Gasteiger partial charge is 0.493 e. The lowest BCUT2D eigenvalue weighted by Crippen LogP contribution is -2.23. The second-order valence-corrected chi connectivity index (χ2v) is 5.71. The van der Waals surface area contributed by atoms with E-state index in [4.69, 9.17) is 15.2 Å². The Kier molecular flexibility index (Phi) is 6.07. The van der Waals surface area contributed by atoms with Gasteiger partial charge in [0.2, 0.25) is 0 Å². The third-order valence-corrected chi connectivity index (χ3v) is 3.62. The van der Waals surface area contributed by atoms with Crippen molar-refractivity contribution >= 4 is 11.6 Å². The number of benzene rings is 2. The molecule has 0 amide bonds. The summed E-state index contributed by atoms with van der Waals surface area (Å²) in [6, 6.07) is 12.1. The van der Waals surface area contributed by atoms with Gasteiger partial charge in [-0.05, 0) is 61.2 Å². The second-order valence-electron chi connectivity index (χ2n) is 5.71. The molecule has 0 saturated carbocycles. The number of nitrogens with one attached hydrogen (secondary N) is 1. The molecule has 0 unspecified atom stereocenters. The normalized spacial score (nSPS) is 11.2. The first-order valence-corrected chi connectivity index (χ1v) is 7.88. The van der Waals surface area contributed by atoms with Gasteiger partial charge < -0.3 is 20.5 Å². The van der Waals surface area contributed by atoms with Crippen LogP contribution in [0.15, 0.2) is 41.4 Å². The lowest BCUT2D eigenvalue weighted by Gasteiger charge is -2.10. The van der Waals surface area contributed by atoms with E-state index in [1.807, 2.05) is 30.3 Å². The molecule has 0 aliphatic heterocycles. The first-order valence-electron chi connectivity index (χ1n) is 7.88. The summed E-state index contributed by atoms with van der Waals surface area (Å²) in [5, 5.41) is 3.13. The topological polar surface area (TPSA) is 68.9 Å². The maximum Gasteiger partial charge on any atom is 0.193 e. The van der Waals surface area contributed by atoms with Gasteiger partial charge in [-0.2, -0.15) is 0 Å². The fourth-order valence-corrected chi connectivity index (χ4v) is 2.58. The van der Waals surface area contributed by atoms with Gasteiger partial charge in [0.05, 0.1) is 14.2 Å². The molecule has 0 heterocycles. The van der Waals surface area contributed by atoms with Crippen LogP contribution in [0.5, 0.6) is 11.5 Å². The van der Waals surface area contributed by atoms with Crippen molar-refractivity contribution in [1.82, 2.24) is 0 Å². The Balaban J connectivity index is 1.95. The fraction of sp³-hybridized carbons (Fsp3) is 0.316. The van der Waals surface area contributed by atoms with Gasteiger partial charge in [-0.3, -0.25) is 4.99 Å². The molecule has 2 rings (SSSR count). The lowest BCUT2D eigenvalue weighted by atomic mass is 10.1. The van der Waals surface area contributed by atoms with Crippen molar-refractivity contribution in [2.45, 2.75) is 20.3 Å². The number of anilines is 1. The maximum absolute atomic E-state index is 5.97. The van der Waals surface area contributed by atoms with Crippen LogP contribution in [0.3, 0.4) is 0 Å². The van der Waals surface area contributed by atoms with Crippen molar-refractivity contribution in [3.63, 3.8) is 0 Å². The number of nitrogens with zero attached hydrogens (tertiary/aromatic N) is 1. The Hall–Kier alpha value is -2.69. The summed E-state index contributed by atoms with van der Waals surface area (Å²) in [7, 11) is 3.26. The molecule has 0 spiro atoms. The lowest BCUT2D eigenvalue weighted by molar-refractivity contribution is 0.354. The Morgan fingerprint density at radius 2 is 1.67 bits per heavy atom. The standard InChI is InChI=1S/C19H25N3O2/c1-13-9-14(2)11-16(10-13)22-19(20)21-8-7-15-5-6-17(23-3)18(12-15)24-4/h5-6,9-12H,7-8H2,1-4H3,(H3,20,21,22). The molecular formula is C19H25N3O2. The molecule has 24 heavy (non-hydrogen) atoms. The SMILES string of the molecule is COc1ccc(CCN=C(N)Nc2cc(C)cc(C)c2)cc1OC. The number of nitrogens with two attached hydrogens (primary N) is 1. The average Bonchev–Trinajstić information content (AvgIpc) is 2.53. The number of methoxy groups -OCH3 is 2. The van der Waals surface area contributed by atoms with E-state index in [1.165, 1.54) is 11.1 Å². The summed E-state index contributed by atoms with van der Waals surface area (Å²) in [5.41, 5.74) is 10.4. The molecule has 0 radical (unpaired) electrons. The Bertz CT molecular complexity index is 706. The summed E-state index contributed by atoms with van der Waals surface area (Å²) in [4.78, 5) is 4.38. The zero-order valence-corrected chi connectivity index (χ0v) is 14.7. The van der Waals surface area contributed by atoms with Crippen LogP contribution in [-0.4, -0.2) is 26.7 Å². The van der Waals surface area contributed by atoms with Gasteiger partial charge in [0.1, 0.15) is 0 Å². The zero-order valence-electron chi connectivity index (χ0n) is 14.7. The summed E-state index contributed by atoms with van der Waals surface area (Å²) >= 11 is 0. The summed E-state index contributed by atoms with van der Waals surface area (Å²) < 4.78 is 10.5. The number of guanidine groups is 1. The molecule has 0 bridgehead atoms. The van der Waals surface area contributed by atoms with Crippen LogP contribution in [0.25, 0.3) is 0 Å². The molecular weight excluding hydrogens is 302 g/mol. The van der Waals surface area contributed by atoms with Gasteiger partial charge in [-0.1, -0.05) is 12.1 Å². The van der Waals surface area contributed by atoms with Crippen molar-refractivity contribution in [1.29, 1.82) is 0 Å². The van der Waals surface area contributed by atoms with E-state index in [9.17, 15) is 0 Å². The third-order valence-electron chi connectivity index (χ3n) is 3.62. The number of aryl methyl sites for hydroxylation is 2. The molecule has 0 fully saturated rings. The van der Waals surface area contributed by atoms with Crippen LogP contribution < -0.4 is 20.5 Å². The van der Waals surface area contributed by atoms with Crippen LogP contribution in [0.4, 0.5) is 5.69 Å². The zero-order chi connectivity index (χ0) is 17.5. The Morgan fingerprint density at radius 3 is 2.29 bits per heavy atom. The molecule has 0 aliphatic carbocycles. The van der Waals surface area contributed by atoms with Crippen LogP contribution in [0, 0.1) is 13.8 Å².